The molecule has 0 atom stereocenters. The summed E-state index contributed by atoms with van der Waals surface area (Å²) in [6, 6.07) is 21.7. The molecule has 0 unspecified atom stereocenters. The number of aryl methyl sites for hydroxylation is 2. The van der Waals surface area contributed by atoms with E-state index >= 15 is 0 Å². The van der Waals surface area contributed by atoms with E-state index in [0.29, 0.717) is 12.5 Å². The standard InChI is InChI=1S/C25H20INO3/c1-16-5-3-7-19(11-16)15-29-21-8-4-6-18(13-21)14-23-25(28)30-24(27-23)20-9-10-22(26)17(2)12-20/h3-14H,15H2,1-2H3/b23-14-. The van der Waals surface area contributed by atoms with Crippen LogP contribution in [0.1, 0.15) is 27.8 Å². The molecule has 1 heterocycles. The maximum absolute atomic E-state index is 12.3. The summed E-state index contributed by atoms with van der Waals surface area (Å²) in [5, 5.41) is 0. The van der Waals surface area contributed by atoms with Crippen LogP contribution in [-0.2, 0) is 16.1 Å². The fourth-order valence-electron chi connectivity index (χ4n) is 3.13. The Morgan fingerprint density at radius 3 is 2.67 bits per heavy atom. The number of carbonyl (C=O) groups is 1. The molecule has 0 aromatic heterocycles. The molecule has 3 aromatic rings. The molecule has 5 heteroatoms. The highest BCUT2D eigenvalue weighted by atomic mass is 127. The number of ether oxygens (including phenoxy) is 2. The normalized spacial score (nSPS) is 14.6. The molecule has 1 aliphatic rings. The number of hydrogen-bond acceptors (Lipinski definition) is 4. The number of rotatable bonds is 5. The van der Waals surface area contributed by atoms with Gasteiger partial charge in [-0.1, -0.05) is 42.0 Å². The Hall–Kier alpha value is -2.93. The largest absolute Gasteiger partial charge is 0.489 e. The van der Waals surface area contributed by atoms with Crippen molar-refractivity contribution in [2.24, 2.45) is 4.99 Å². The Morgan fingerprint density at radius 2 is 1.87 bits per heavy atom. The number of benzene rings is 3. The number of halogens is 1. The van der Waals surface area contributed by atoms with E-state index in [9.17, 15) is 4.79 Å². The van der Waals surface area contributed by atoms with Crippen LogP contribution >= 0.6 is 22.6 Å². The minimum absolute atomic E-state index is 0.275. The van der Waals surface area contributed by atoms with Gasteiger partial charge in [-0.15, -0.1) is 0 Å². The van der Waals surface area contributed by atoms with Crippen LogP contribution in [0.2, 0.25) is 0 Å². The molecule has 0 saturated carbocycles. The first-order valence-corrected chi connectivity index (χ1v) is 10.6. The fourth-order valence-corrected chi connectivity index (χ4v) is 3.47. The van der Waals surface area contributed by atoms with Crippen LogP contribution in [0.25, 0.3) is 6.08 Å². The molecule has 150 valence electrons. The van der Waals surface area contributed by atoms with Gasteiger partial charge in [-0.2, -0.15) is 0 Å². The molecule has 4 nitrogen and oxygen atoms in total. The van der Waals surface area contributed by atoms with Crippen LogP contribution in [0.5, 0.6) is 5.75 Å². The molecule has 0 spiro atoms. The highest BCUT2D eigenvalue weighted by Gasteiger charge is 2.24. The summed E-state index contributed by atoms with van der Waals surface area (Å²) < 4.78 is 12.4. The van der Waals surface area contributed by atoms with Gasteiger partial charge in [0.1, 0.15) is 12.4 Å². The number of hydrogen-bond donors (Lipinski definition) is 0. The highest BCUT2D eigenvalue weighted by molar-refractivity contribution is 14.1. The van der Waals surface area contributed by atoms with Crippen LogP contribution in [0.4, 0.5) is 0 Å². The molecule has 0 N–H and O–H groups in total. The van der Waals surface area contributed by atoms with Crippen molar-refractivity contribution < 1.29 is 14.3 Å². The number of cyclic esters (lactones) is 1. The van der Waals surface area contributed by atoms with E-state index in [4.69, 9.17) is 9.47 Å². The van der Waals surface area contributed by atoms with Crippen molar-refractivity contribution >= 4 is 40.5 Å². The first kappa shape index (κ1) is 20.3. The monoisotopic (exact) mass is 509 g/mol. The maximum Gasteiger partial charge on any atom is 0.363 e. The van der Waals surface area contributed by atoms with Crippen molar-refractivity contribution in [2.75, 3.05) is 0 Å². The number of aliphatic imine (C=N–C) groups is 1. The molecule has 0 saturated heterocycles. The third-order valence-corrected chi connectivity index (χ3v) is 5.89. The van der Waals surface area contributed by atoms with Gasteiger partial charge >= 0.3 is 5.97 Å². The summed E-state index contributed by atoms with van der Waals surface area (Å²) in [6.07, 6.45) is 1.72. The lowest BCUT2D eigenvalue weighted by Gasteiger charge is -2.07. The van der Waals surface area contributed by atoms with Gasteiger partial charge in [0.25, 0.3) is 0 Å². The maximum atomic E-state index is 12.3. The molecular weight excluding hydrogens is 489 g/mol. The summed E-state index contributed by atoms with van der Waals surface area (Å²) in [5.41, 5.74) is 5.32. The average molecular weight is 509 g/mol. The molecule has 1 aliphatic heterocycles. The lowest BCUT2D eigenvalue weighted by molar-refractivity contribution is -0.129. The van der Waals surface area contributed by atoms with Crippen molar-refractivity contribution in [1.29, 1.82) is 0 Å². The van der Waals surface area contributed by atoms with Crippen molar-refractivity contribution in [3.63, 3.8) is 0 Å². The quantitative estimate of drug-likeness (QED) is 0.247. The molecule has 0 bridgehead atoms. The zero-order chi connectivity index (χ0) is 21.1. The number of esters is 1. The molecule has 0 radical (unpaired) electrons. The van der Waals surface area contributed by atoms with Gasteiger partial charge in [0.05, 0.1) is 0 Å². The smallest absolute Gasteiger partial charge is 0.363 e. The van der Waals surface area contributed by atoms with Crippen LogP contribution in [0, 0.1) is 17.4 Å². The molecule has 4 rings (SSSR count). The van der Waals surface area contributed by atoms with E-state index in [1.807, 2.05) is 61.5 Å². The van der Waals surface area contributed by atoms with Crippen molar-refractivity contribution in [3.8, 4) is 5.75 Å². The predicted molar refractivity (Wildman–Crippen MR) is 126 cm³/mol. The second-order valence-corrected chi connectivity index (χ2v) is 8.31. The van der Waals surface area contributed by atoms with Crippen LogP contribution in [-0.4, -0.2) is 11.9 Å². The van der Waals surface area contributed by atoms with Gasteiger partial charge in [0.2, 0.25) is 5.90 Å². The van der Waals surface area contributed by atoms with Gasteiger partial charge in [-0.05, 0) is 89.5 Å². The molecule has 0 fully saturated rings. The van der Waals surface area contributed by atoms with Crippen LogP contribution < -0.4 is 4.74 Å². The number of nitrogens with zero attached hydrogens (tertiary/aromatic N) is 1. The van der Waals surface area contributed by atoms with Crippen LogP contribution in [0.15, 0.2) is 77.4 Å². The third-order valence-electron chi connectivity index (χ3n) is 4.67. The van der Waals surface area contributed by atoms with Crippen LogP contribution in [0.3, 0.4) is 0 Å². The van der Waals surface area contributed by atoms with E-state index in [1.165, 1.54) is 5.56 Å². The minimum atomic E-state index is -0.452. The Balaban J connectivity index is 1.52. The first-order valence-electron chi connectivity index (χ1n) is 9.55. The van der Waals surface area contributed by atoms with Gasteiger partial charge in [0, 0.05) is 9.13 Å². The van der Waals surface area contributed by atoms with E-state index in [0.717, 1.165) is 31.6 Å². The molecule has 0 aliphatic carbocycles. The summed E-state index contributed by atoms with van der Waals surface area (Å²) in [4.78, 5) is 16.7. The van der Waals surface area contributed by atoms with E-state index < -0.39 is 5.97 Å². The van der Waals surface area contributed by atoms with E-state index in [2.05, 4.69) is 46.6 Å². The highest BCUT2D eigenvalue weighted by Crippen LogP contribution is 2.23. The Bertz CT molecular complexity index is 1180. The second-order valence-electron chi connectivity index (χ2n) is 7.15. The summed E-state index contributed by atoms with van der Waals surface area (Å²) in [5.74, 6) is 0.611. The Kier molecular flexibility index (Phi) is 5.99. The van der Waals surface area contributed by atoms with Crippen molar-refractivity contribution in [3.05, 3.63) is 104 Å². The molecule has 30 heavy (non-hydrogen) atoms. The SMILES string of the molecule is Cc1cccc(COc2cccc(/C=C3\N=C(c4ccc(I)c(C)c4)OC3=O)c2)c1. The topological polar surface area (TPSA) is 47.9 Å². The summed E-state index contributed by atoms with van der Waals surface area (Å²) in [6.45, 7) is 4.56. The Morgan fingerprint density at radius 1 is 1.03 bits per heavy atom. The van der Waals surface area contributed by atoms with Gasteiger partial charge in [-0.3, -0.25) is 0 Å². The lowest BCUT2D eigenvalue weighted by atomic mass is 10.1. The molecular formula is C25H20INO3. The Labute approximate surface area is 189 Å². The number of carbonyl (C=O) groups excluding carboxylic acids is 1. The third kappa shape index (κ3) is 4.79. The first-order chi connectivity index (χ1) is 14.5. The summed E-state index contributed by atoms with van der Waals surface area (Å²) >= 11 is 2.27. The molecule has 3 aromatic carbocycles. The average Bonchev–Trinajstić information content (AvgIpc) is 3.09. The predicted octanol–water partition coefficient (Wildman–Crippen LogP) is 5.83. The van der Waals surface area contributed by atoms with Crippen molar-refractivity contribution in [1.82, 2.24) is 0 Å². The zero-order valence-electron chi connectivity index (χ0n) is 16.7. The van der Waals surface area contributed by atoms with Gasteiger partial charge in [-0.25, -0.2) is 9.79 Å². The van der Waals surface area contributed by atoms with E-state index in [-0.39, 0.29) is 5.70 Å². The second kappa shape index (κ2) is 8.83. The lowest BCUT2D eigenvalue weighted by Crippen LogP contribution is -2.05. The minimum Gasteiger partial charge on any atom is -0.489 e. The van der Waals surface area contributed by atoms with E-state index in [1.54, 1.807) is 6.08 Å². The molecule has 0 amide bonds. The van der Waals surface area contributed by atoms with Gasteiger partial charge < -0.3 is 9.47 Å². The van der Waals surface area contributed by atoms with Gasteiger partial charge in [0.15, 0.2) is 5.70 Å². The fraction of sp³-hybridized carbons (Fsp3) is 0.120. The van der Waals surface area contributed by atoms with Crippen molar-refractivity contribution in [2.45, 2.75) is 20.5 Å². The zero-order valence-corrected chi connectivity index (χ0v) is 18.8. The summed E-state index contributed by atoms with van der Waals surface area (Å²) in [7, 11) is 0.